The highest BCUT2D eigenvalue weighted by Gasteiger charge is 2.58. The Balaban J connectivity index is 1.76. The van der Waals surface area contributed by atoms with Crippen molar-refractivity contribution >= 4 is 23.4 Å². The minimum Gasteiger partial charge on any atom is -0.456 e. The van der Waals surface area contributed by atoms with Gasteiger partial charge in [0.05, 0.1) is 18.3 Å². The standard InChI is InChI=1S/C42H67NO12/c1-9-30-19-24(2)18-25(3)20-36(53-8)41(50)16-15-27(5)42(51,55-41)38(47)39(48)43-17-11-10-12-31(43)40(49)54-37(28(6)33(45)23-34(30)46)26(4)21-29-13-14-32(44)35(22-29)52-7/h19,21,25,27-33,35-37,44-45,50-51H,9-18,20,22-23H2,1-8H3/b24-19+,26-21+/t25-,27+,28+,29-,30+,31-,32+,33-,35+,36-,37+,41-,42+/m0/s1. The number of ketones is 2. The lowest BCUT2D eigenvalue weighted by molar-refractivity contribution is -0.381. The first-order chi connectivity index (χ1) is 25.9. The Morgan fingerprint density at radius 1 is 0.964 bits per heavy atom. The van der Waals surface area contributed by atoms with Crippen molar-refractivity contribution in [3.63, 3.8) is 0 Å². The third-order valence-electron chi connectivity index (χ3n) is 12.7. The number of Topliss-reactive ketones (excluding diaryl/α,β-unsaturated/α-hetero) is 2. The Morgan fingerprint density at radius 2 is 1.67 bits per heavy atom. The molecule has 13 heteroatoms. The molecule has 0 unspecified atom stereocenters. The highest BCUT2D eigenvalue weighted by molar-refractivity contribution is 6.39. The van der Waals surface area contributed by atoms with E-state index in [1.807, 2.05) is 32.9 Å². The quantitative estimate of drug-likeness (QED) is 0.178. The highest BCUT2D eigenvalue weighted by Crippen LogP contribution is 2.42. The van der Waals surface area contributed by atoms with Gasteiger partial charge in [0.25, 0.3) is 11.7 Å². The third kappa shape index (κ3) is 10.5. The van der Waals surface area contributed by atoms with E-state index < -0.39 is 77.4 Å². The lowest BCUT2D eigenvalue weighted by Crippen LogP contribution is -2.65. The number of rotatable bonds is 5. The Kier molecular flexibility index (Phi) is 15.8. The Morgan fingerprint density at radius 3 is 2.33 bits per heavy atom. The van der Waals surface area contributed by atoms with E-state index in [1.54, 1.807) is 27.9 Å². The van der Waals surface area contributed by atoms with Crippen molar-refractivity contribution in [1.29, 1.82) is 0 Å². The summed E-state index contributed by atoms with van der Waals surface area (Å²) in [6.07, 6.45) is 4.23. The molecule has 1 amide bonds. The SMILES string of the molecule is CC[C@@H]1/C=C(\C)C[C@H](C)C[C@H](OC)[C@]2(O)CC[C@@H](C)[C@@](O)(O2)C(=O)C(=O)N2CCCC[C@H]2C(=O)O[C@H](/C(C)=C/[C@@H]2CC[C@@H](O)[C@H](OC)C2)[C@H](C)[C@@H](O)CC1=O. The lowest BCUT2D eigenvalue weighted by Gasteiger charge is -2.48. The molecular formula is C42H67NO12. The van der Waals surface area contributed by atoms with Gasteiger partial charge in [-0.25, -0.2) is 4.79 Å². The number of allylic oxidation sites excluding steroid dienone is 3. The largest absolute Gasteiger partial charge is 0.456 e. The van der Waals surface area contributed by atoms with Crippen LogP contribution in [0.1, 0.15) is 119 Å². The Labute approximate surface area is 326 Å². The third-order valence-corrected chi connectivity index (χ3v) is 12.7. The van der Waals surface area contributed by atoms with Gasteiger partial charge in [-0.05, 0) is 95.5 Å². The second-order valence-corrected chi connectivity index (χ2v) is 17.0. The molecule has 55 heavy (non-hydrogen) atoms. The second kappa shape index (κ2) is 19.3. The molecule has 4 aliphatic rings. The fourth-order valence-electron chi connectivity index (χ4n) is 9.13. The predicted molar refractivity (Wildman–Crippen MR) is 203 cm³/mol. The van der Waals surface area contributed by atoms with E-state index in [2.05, 4.69) is 0 Å². The average Bonchev–Trinajstić information content (AvgIpc) is 3.15. The number of hydrogen-bond acceptors (Lipinski definition) is 12. The van der Waals surface area contributed by atoms with Gasteiger partial charge < -0.3 is 44.3 Å². The van der Waals surface area contributed by atoms with Crippen molar-refractivity contribution < 1.29 is 58.6 Å². The maximum absolute atomic E-state index is 14.2. The number of fused-ring (bicyclic) bond motifs is 3. The molecule has 0 spiro atoms. The van der Waals surface area contributed by atoms with Crippen molar-refractivity contribution in [2.24, 2.45) is 29.6 Å². The number of cyclic esters (lactones) is 1. The number of aliphatic hydroxyl groups is 4. The van der Waals surface area contributed by atoms with E-state index in [1.165, 1.54) is 7.11 Å². The van der Waals surface area contributed by atoms with Gasteiger partial charge in [0, 0.05) is 51.4 Å². The molecule has 4 N–H and O–H groups in total. The molecule has 13 atom stereocenters. The first kappa shape index (κ1) is 45.2. The molecule has 13 nitrogen and oxygen atoms in total. The summed E-state index contributed by atoms with van der Waals surface area (Å²) in [6.45, 7) is 11.0. The van der Waals surface area contributed by atoms with Crippen LogP contribution in [-0.4, -0.2) is 118 Å². The fraction of sp³-hybridized carbons (Fsp3) is 0.810. The molecule has 0 aromatic rings. The molecule has 312 valence electrons. The minimum atomic E-state index is -2.69. The predicted octanol–water partition coefficient (Wildman–Crippen LogP) is 4.17. The van der Waals surface area contributed by atoms with Crippen LogP contribution in [0.5, 0.6) is 0 Å². The summed E-state index contributed by atoms with van der Waals surface area (Å²) in [7, 11) is 2.97. The molecule has 0 radical (unpaired) electrons. The molecule has 3 heterocycles. The van der Waals surface area contributed by atoms with Crippen LogP contribution in [0.2, 0.25) is 0 Å². The van der Waals surface area contributed by atoms with Crippen molar-refractivity contribution in [1.82, 2.24) is 4.90 Å². The van der Waals surface area contributed by atoms with E-state index in [0.29, 0.717) is 50.5 Å². The monoisotopic (exact) mass is 777 g/mol. The van der Waals surface area contributed by atoms with Crippen LogP contribution in [0.3, 0.4) is 0 Å². The van der Waals surface area contributed by atoms with Crippen LogP contribution in [0.15, 0.2) is 23.3 Å². The number of aliphatic hydroxyl groups excluding tert-OH is 2. The molecule has 1 aliphatic carbocycles. The topological polar surface area (TPSA) is 189 Å². The molecule has 3 aliphatic heterocycles. The summed E-state index contributed by atoms with van der Waals surface area (Å²) in [5.74, 6) is -10.2. The van der Waals surface area contributed by atoms with E-state index >= 15 is 0 Å². The van der Waals surface area contributed by atoms with Crippen LogP contribution < -0.4 is 0 Å². The number of carbonyl (C=O) groups excluding carboxylic acids is 4. The maximum Gasteiger partial charge on any atom is 0.329 e. The zero-order valence-electron chi connectivity index (χ0n) is 34.2. The van der Waals surface area contributed by atoms with E-state index in [9.17, 15) is 39.6 Å². The number of hydrogen-bond donors (Lipinski definition) is 4. The molecule has 1 saturated carbocycles. The van der Waals surface area contributed by atoms with Gasteiger partial charge in [0.15, 0.2) is 5.79 Å². The van der Waals surface area contributed by atoms with E-state index in [-0.39, 0.29) is 62.4 Å². The lowest BCUT2D eigenvalue weighted by atomic mass is 9.81. The van der Waals surface area contributed by atoms with Gasteiger partial charge in [-0.1, -0.05) is 45.4 Å². The number of ether oxygens (including phenoxy) is 4. The van der Waals surface area contributed by atoms with Gasteiger partial charge in [0.1, 0.15) is 24.0 Å². The molecule has 3 fully saturated rings. The number of nitrogens with zero attached hydrogens (tertiary/aromatic N) is 1. The van der Waals surface area contributed by atoms with Crippen LogP contribution in [0.4, 0.5) is 0 Å². The van der Waals surface area contributed by atoms with Crippen molar-refractivity contribution in [3.8, 4) is 0 Å². The maximum atomic E-state index is 14.2. The number of carbonyl (C=O) groups is 4. The fourth-order valence-corrected chi connectivity index (χ4v) is 9.13. The second-order valence-electron chi connectivity index (χ2n) is 17.0. The molecule has 0 aromatic heterocycles. The summed E-state index contributed by atoms with van der Waals surface area (Å²) in [5, 5.41) is 45.7. The van der Waals surface area contributed by atoms with Gasteiger partial charge in [-0.3, -0.25) is 14.4 Å². The van der Waals surface area contributed by atoms with Crippen LogP contribution in [-0.2, 0) is 38.1 Å². The normalized spacial score (nSPS) is 42.1. The highest BCUT2D eigenvalue weighted by atomic mass is 16.7. The zero-order chi connectivity index (χ0) is 40.8. The van der Waals surface area contributed by atoms with Crippen molar-refractivity contribution in [2.75, 3.05) is 20.8 Å². The van der Waals surface area contributed by atoms with E-state index in [0.717, 1.165) is 10.5 Å². The van der Waals surface area contributed by atoms with Crippen LogP contribution in [0.25, 0.3) is 0 Å². The first-order valence-electron chi connectivity index (χ1n) is 20.4. The van der Waals surface area contributed by atoms with Crippen LogP contribution >= 0.6 is 0 Å². The Hall–Kier alpha value is -2.52. The average molecular weight is 778 g/mol. The number of amides is 1. The van der Waals surface area contributed by atoms with Crippen LogP contribution in [0, 0.1) is 29.6 Å². The molecule has 0 aromatic carbocycles. The van der Waals surface area contributed by atoms with Crippen molar-refractivity contribution in [2.45, 2.75) is 167 Å². The zero-order valence-corrected chi connectivity index (χ0v) is 34.2. The van der Waals surface area contributed by atoms with E-state index in [4.69, 9.17) is 18.9 Å². The summed E-state index contributed by atoms with van der Waals surface area (Å²) >= 11 is 0. The number of piperidine rings is 1. The molecular weight excluding hydrogens is 710 g/mol. The molecule has 4 rings (SSSR count). The summed E-state index contributed by atoms with van der Waals surface area (Å²) in [5.41, 5.74) is 1.59. The van der Waals surface area contributed by atoms with Crippen molar-refractivity contribution in [3.05, 3.63) is 23.3 Å². The number of methoxy groups -OCH3 is 2. The van der Waals surface area contributed by atoms with Gasteiger partial charge in [0.2, 0.25) is 5.79 Å². The molecule has 2 saturated heterocycles. The summed E-state index contributed by atoms with van der Waals surface area (Å²) in [4.78, 5) is 57.3. The minimum absolute atomic E-state index is 0.0110. The first-order valence-corrected chi connectivity index (χ1v) is 20.4. The van der Waals surface area contributed by atoms with Gasteiger partial charge in [-0.2, -0.15) is 0 Å². The number of esters is 1. The van der Waals surface area contributed by atoms with Gasteiger partial charge in [-0.15, -0.1) is 0 Å². The smallest absolute Gasteiger partial charge is 0.329 e. The molecule has 2 bridgehead atoms. The Bertz CT molecular complexity index is 1430. The summed E-state index contributed by atoms with van der Waals surface area (Å²) < 4.78 is 23.4. The van der Waals surface area contributed by atoms with Gasteiger partial charge >= 0.3 is 5.97 Å². The summed E-state index contributed by atoms with van der Waals surface area (Å²) in [6, 6.07) is -1.17.